The summed E-state index contributed by atoms with van der Waals surface area (Å²) in [4.78, 5) is 0. The van der Waals surface area contributed by atoms with Gasteiger partial charge < -0.3 is 5.73 Å². The Bertz CT molecular complexity index is 416. The van der Waals surface area contributed by atoms with Crippen molar-refractivity contribution in [2.24, 2.45) is 11.7 Å². The predicted molar refractivity (Wildman–Crippen MR) is 73.9 cm³/mol. The maximum atomic E-state index is 13.2. The fraction of sp³-hybridized carbons (Fsp3) is 0.625. The van der Waals surface area contributed by atoms with Gasteiger partial charge in [0.05, 0.1) is 0 Å². The van der Waals surface area contributed by atoms with Gasteiger partial charge in [0.1, 0.15) is 5.82 Å². The molecule has 0 radical (unpaired) electrons. The second kappa shape index (κ2) is 5.40. The second-order valence-electron chi connectivity index (χ2n) is 5.82. The Morgan fingerprint density at radius 1 is 1.33 bits per heavy atom. The summed E-state index contributed by atoms with van der Waals surface area (Å²) in [6.07, 6.45) is 6.97. The van der Waals surface area contributed by atoms with Crippen LogP contribution in [0.3, 0.4) is 0 Å². The van der Waals surface area contributed by atoms with E-state index in [0.29, 0.717) is 0 Å². The topological polar surface area (TPSA) is 26.0 Å². The molecule has 0 aliphatic heterocycles. The van der Waals surface area contributed by atoms with Crippen molar-refractivity contribution in [2.75, 3.05) is 0 Å². The standard InChI is InChI=1S/C16H24FN/c1-3-13-5-4-9-16(18,10-8-13)15-7-6-14(17)11-12(15)2/h6-7,11,13H,3-5,8-10,18H2,1-2H3. The van der Waals surface area contributed by atoms with Crippen molar-refractivity contribution < 1.29 is 4.39 Å². The quantitative estimate of drug-likeness (QED) is 0.778. The highest BCUT2D eigenvalue weighted by molar-refractivity contribution is 5.33. The van der Waals surface area contributed by atoms with Gasteiger partial charge in [-0.1, -0.05) is 32.3 Å². The van der Waals surface area contributed by atoms with Crippen LogP contribution in [0, 0.1) is 18.7 Å². The molecule has 1 aliphatic rings. The molecule has 2 heteroatoms. The van der Waals surface area contributed by atoms with Crippen LogP contribution in [0.4, 0.5) is 4.39 Å². The molecule has 1 nitrogen and oxygen atoms in total. The van der Waals surface area contributed by atoms with Crippen LogP contribution in [-0.2, 0) is 5.54 Å². The van der Waals surface area contributed by atoms with Crippen LogP contribution in [0.25, 0.3) is 0 Å². The average molecular weight is 249 g/mol. The molecule has 0 saturated heterocycles. The van der Waals surface area contributed by atoms with Gasteiger partial charge in [-0.3, -0.25) is 0 Å². The first-order chi connectivity index (χ1) is 8.55. The monoisotopic (exact) mass is 249 g/mol. The maximum absolute atomic E-state index is 13.2. The third-order valence-electron chi connectivity index (χ3n) is 4.54. The summed E-state index contributed by atoms with van der Waals surface area (Å²) in [5.41, 5.74) is 8.51. The minimum atomic E-state index is -0.248. The van der Waals surface area contributed by atoms with Crippen molar-refractivity contribution in [1.82, 2.24) is 0 Å². The van der Waals surface area contributed by atoms with Gasteiger partial charge >= 0.3 is 0 Å². The molecule has 1 aromatic carbocycles. The molecular formula is C16H24FN. The van der Waals surface area contributed by atoms with Gasteiger partial charge in [-0.05, 0) is 55.4 Å². The number of nitrogens with two attached hydrogens (primary N) is 1. The summed E-state index contributed by atoms with van der Waals surface area (Å²) >= 11 is 0. The highest BCUT2D eigenvalue weighted by Crippen LogP contribution is 2.38. The lowest BCUT2D eigenvalue weighted by Crippen LogP contribution is -2.36. The normalized spacial score (nSPS) is 29.0. The van der Waals surface area contributed by atoms with Gasteiger partial charge in [-0.15, -0.1) is 0 Å². The third kappa shape index (κ3) is 2.74. The predicted octanol–water partition coefficient (Wildman–Crippen LogP) is 4.28. The van der Waals surface area contributed by atoms with E-state index in [-0.39, 0.29) is 11.4 Å². The van der Waals surface area contributed by atoms with Crippen LogP contribution in [0.1, 0.15) is 56.6 Å². The number of aryl methyl sites for hydroxylation is 1. The van der Waals surface area contributed by atoms with E-state index in [4.69, 9.17) is 5.73 Å². The molecule has 0 heterocycles. The van der Waals surface area contributed by atoms with E-state index in [2.05, 4.69) is 6.92 Å². The summed E-state index contributed by atoms with van der Waals surface area (Å²) in [7, 11) is 0. The Hall–Kier alpha value is -0.890. The van der Waals surface area contributed by atoms with Crippen molar-refractivity contribution in [3.05, 3.63) is 35.1 Å². The molecule has 100 valence electrons. The zero-order chi connectivity index (χ0) is 13.2. The number of rotatable bonds is 2. The first kappa shape index (κ1) is 13.5. The molecular weight excluding hydrogens is 225 g/mol. The fourth-order valence-corrected chi connectivity index (χ4v) is 3.30. The summed E-state index contributed by atoms with van der Waals surface area (Å²) in [5.74, 6) is 0.649. The van der Waals surface area contributed by atoms with E-state index >= 15 is 0 Å². The Morgan fingerprint density at radius 3 is 2.78 bits per heavy atom. The van der Waals surface area contributed by atoms with Gasteiger partial charge in [0, 0.05) is 5.54 Å². The van der Waals surface area contributed by atoms with Gasteiger partial charge in [0.25, 0.3) is 0 Å². The second-order valence-corrected chi connectivity index (χ2v) is 5.82. The molecule has 1 aromatic rings. The van der Waals surface area contributed by atoms with E-state index in [9.17, 15) is 4.39 Å². The largest absolute Gasteiger partial charge is 0.321 e. The molecule has 1 fully saturated rings. The first-order valence-corrected chi connectivity index (χ1v) is 7.10. The average Bonchev–Trinajstić information content (AvgIpc) is 2.51. The molecule has 2 rings (SSSR count). The van der Waals surface area contributed by atoms with Crippen molar-refractivity contribution in [1.29, 1.82) is 0 Å². The molecule has 0 amide bonds. The van der Waals surface area contributed by atoms with Gasteiger partial charge in [-0.25, -0.2) is 4.39 Å². The summed E-state index contributed by atoms with van der Waals surface area (Å²) < 4.78 is 13.2. The SMILES string of the molecule is CCC1CCCC(N)(c2ccc(F)cc2C)CC1. The Labute approximate surface area is 110 Å². The maximum Gasteiger partial charge on any atom is 0.123 e. The van der Waals surface area contributed by atoms with Crippen LogP contribution >= 0.6 is 0 Å². The number of hydrogen-bond donors (Lipinski definition) is 1. The molecule has 2 N–H and O–H groups in total. The fourth-order valence-electron chi connectivity index (χ4n) is 3.30. The smallest absolute Gasteiger partial charge is 0.123 e. The van der Waals surface area contributed by atoms with E-state index < -0.39 is 0 Å². The third-order valence-corrected chi connectivity index (χ3v) is 4.54. The first-order valence-electron chi connectivity index (χ1n) is 7.10. The van der Waals surface area contributed by atoms with Gasteiger partial charge in [0.15, 0.2) is 0 Å². The van der Waals surface area contributed by atoms with Gasteiger partial charge in [-0.2, -0.15) is 0 Å². The van der Waals surface area contributed by atoms with Crippen molar-refractivity contribution in [2.45, 2.75) is 57.9 Å². The van der Waals surface area contributed by atoms with Crippen LogP contribution in [0.5, 0.6) is 0 Å². The molecule has 0 bridgehead atoms. The lowest BCUT2D eigenvalue weighted by molar-refractivity contribution is 0.369. The molecule has 1 aliphatic carbocycles. The van der Waals surface area contributed by atoms with Crippen LogP contribution in [0.2, 0.25) is 0 Å². The Morgan fingerprint density at radius 2 is 2.11 bits per heavy atom. The van der Waals surface area contributed by atoms with E-state index in [1.54, 1.807) is 12.1 Å². The van der Waals surface area contributed by atoms with Crippen molar-refractivity contribution in [3.63, 3.8) is 0 Å². The van der Waals surface area contributed by atoms with Gasteiger partial charge in [0.2, 0.25) is 0 Å². The molecule has 2 atom stereocenters. The number of halogens is 1. The lowest BCUT2D eigenvalue weighted by Gasteiger charge is -2.30. The molecule has 18 heavy (non-hydrogen) atoms. The lowest BCUT2D eigenvalue weighted by atomic mass is 9.81. The molecule has 2 unspecified atom stereocenters. The highest BCUT2D eigenvalue weighted by Gasteiger charge is 2.31. The van der Waals surface area contributed by atoms with Crippen molar-refractivity contribution in [3.8, 4) is 0 Å². The molecule has 0 spiro atoms. The van der Waals surface area contributed by atoms with E-state index in [1.165, 1.54) is 25.7 Å². The minimum absolute atomic E-state index is 0.167. The number of hydrogen-bond acceptors (Lipinski definition) is 1. The minimum Gasteiger partial charge on any atom is -0.321 e. The van der Waals surface area contributed by atoms with E-state index in [0.717, 1.165) is 29.9 Å². The van der Waals surface area contributed by atoms with Crippen LogP contribution in [0.15, 0.2) is 18.2 Å². The van der Waals surface area contributed by atoms with E-state index in [1.807, 2.05) is 13.0 Å². The van der Waals surface area contributed by atoms with Crippen LogP contribution < -0.4 is 5.73 Å². The zero-order valence-electron chi connectivity index (χ0n) is 11.5. The Kier molecular flexibility index (Phi) is 4.06. The summed E-state index contributed by atoms with van der Waals surface area (Å²) in [5, 5.41) is 0. The van der Waals surface area contributed by atoms with Crippen molar-refractivity contribution >= 4 is 0 Å². The summed E-state index contributed by atoms with van der Waals surface area (Å²) in [6, 6.07) is 5.03. The molecule has 1 saturated carbocycles. The Balaban J connectivity index is 2.24. The molecule has 0 aromatic heterocycles. The van der Waals surface area contributed by atoms with Crippen LogP contribution in [-0.4, -0.2) is 0 Å². The number of benzene rings is 1. The summed E-state index contributed by atoms with van der Waals surface area (Å²) in [6.45, 7) is 4.23. The highest BCUT2D eigenvalue weighted by atomic mass is 19.1. The zero-order valence-corrected chi connectivity index (χ0v) is 11.5.